The van der Waals surface area contributed by atoms with Gasteiger partial charge >= 0.3 is 0 Å². The van der Waals surface area contributed by atoms with E-state index in [0.717, 1.165) is 35.0 Å². The molecule has 2 aromatic carbocycles. The van der Waals surface area contributed by atoms with Crippen molar-refractivity contribution in [3.8, 4) is 5.69 Å². The highest BCUT2D eigenvalue weighted by atomic mass is 19.1. The minimum atomic E-state index is -0.988. The van der Waals surface area contributed by atoms with Gasteiger partial charge in [0.25, 0.3) is 0 Å². The normalized spacial score (nSPS) is 23.0. The number of aryl methyl sites for hydroxylation is 1. The highest BCUT2D eigenvalue weighted by Crippen LogP contribution is 2.56. The van der Waals surface area contributed by atoms with Crippen LogP contribution in [0.1, 0.15) is 60.8 Å². The number of hydrogen-bond acceptors (Lipinski definition) is 3. The van der Waals surface area contributed by atoms with Gasteiger partial charge in [0.05, 0.1) is 23.2 Å². The molecule has 1 aromatic heterocycles. The zero-order chi connectivity index (χ0) is 23.4. The highest BCUT2D eigenvalue weighted by Gasteiger charge is 2.54. The first-order valence-electron chi connectivity index (χ1n) is 11.0. The van der Waals surface area contributed by atoms with Crippen LogP contribution in [0.2, 0.25) is 0 Å². The van der Waals surface area contributed by atoms with Gasteiger partial charge < -0.3 is 10.8 Å². The number of fused-ring (bicyclic) bond motifs is 2. The SMILES string of the molecule is C.C[C@]12Cc3cnn(-c4ccc(F)cc4)c3C=C1CC[C@@]2(O)CCc1ccc(F)cc1C(N)=O. The summed E-state index contributed by atoms with van der Waals surface area (Å²) < 4.78 is 28.8. The van der Waals surface area contributed by atoms with Crippen LogP contribution >= 0.6 is 0 Å². The summed E-state index contributed by atoms with van der Waals surface area (Å²) in [6, 6.07) is 10.2. The zero-order valence-electron chi connectivity index (χ0n) is 18.3. The van der Waals surface area contributed by atoms with Crippen LogP contribution in [0.15, 0.2) is 54.2 Å². The van der Waals surface area contributed by atoms with Crippen LogP contribution < -0.4 is 5.73 Å². The largest absolute Gasteiger partial charge is 0.389 e. The second kappa shape index (κ2) is 8.47. The molecule has 0 spiro atoms. The van der Waals surface area contributed by atoms with Crippen molar-refractivity contribution in [1.29, 1.82) is 0 Å². The molecule has 0 unspecified atom stereocenters. The number of nitrogens with two attached hydrogens (primary N) is 1. The Morgan fingerprint density at radius 1 is 1.18 bits per heavy atom. The van der Waals surface area contributed by atoms with Gasteiger partial charge in [-0.3, -0.25) is 4.79 Å². The standard InChI is InChI=1S/C26H25F2N3O2.CH4/c1-25-14-17-15-30-31(21-6-4-19(27)5-7-21)23(17)12-18(25)9-11-26(25,33)10-8-16-2-3-20(28)13-22(16)24(29)32;/h2-7,12-13,15,33H,8-11,14H2,1H3,(H2,29,32);1H4/t25-,26-;/m0./s1. The summed E-state index contributed by atoms with van der Waals surface area (Å²) in [6.07, 6.45) is 6.70. The number of aliphatic hydroxyl groups is 1. The second-order valence-electron chi connectivity index (χ2n) is 9.32. The molecule has 0 aliphatic heterocycles. The summed E-state index contributed by atoms with van der Waals surface area (Å²) in [5, 5.41) is 16.3. The number of benzene rings is 2. The molecule has 34 heavy (non-hydrogen) atoms. The van der Waals surface area contributed by atoms with Crippen LogP contribution in [0.5, 0.6) is 0 Å². The van der Waals surface area contributed by atoms with E-state index >= 15 is 0 Å². The summed E-state index contributed by atoms with van der Waals surface area (Å²) in [7, 11) is 0. The molecule has 1 saturated carbocycles. The van der Waals surface area contributed by atoms with E-state index in [1.165, 1.54) is 18.2 Å². The molecule has 1 heterocycles. The fourth-order valence-corrected chi connectivity index (χ4v) is 5.46. The molecule has 2 aliphatic rings. The molecule has 0 radical (unpaired) electrons. The molecular formula is C27H29F2N3O2. The minimum absolute atomic E-state index is 0. The monoisotopic (exact) mass is 465 g/mol. The molecule has 7 heteroatoms. The van der Waals surface area contributed by atoms with Gasteiger partial charge in [0.15, 0.2) is 0 Å². The fourth-order valence-electron chi connectivity index (χ4n) is 5.46. The number of rotatable bonds is 5. The Labute approximate surface area is 197 Å². The topological polar surface area (TPSA) is 81.1 Å². The summed E-state index contributed by atoms with van der Waals surface area (Å²) in [5.41, 5.74) is 8.66. The predicted molar refractivity (Wildman–Crippen MR) is 127 cm³/mol. The van der Waals surface area contributed by atoms with E-state index in [1.54, 1.807) is 29.1 Å². The van der Waals surface area contributed by atoms with Crippen molar-refractivity contribution >= 4 is 12.0 Å². The fraction of sp³-hybridized carbons (Fsp3) is 0.333. The summed E-state index contributed by atoms with van der Waals surface area (Å²) in [5.74, 6) is -1.49. The lowest BCUT2D eigenvalue weighted by molar-refractivity contribution is -0.0461. The van der Waals surface area contributed by atoms with Crippen molar-refractivity contribution in [1.82, 2.24) is 9.78 Å². The Bertz CT molecular complexity index is 1280. The third kappa shape index (κ3) is 3.74. The number of carbonyl (C=O) groups excluding carboxylic acids is 1. The Morgan fingerprint density at radius 2 is 1.88 bits per heavy atom. The molecule has 3 aromatic rings. The van der Waals surface area contributed by atoms with Gasteiger partial charge in [0.2, 0.25) is 5.91 Å². The molecule has 0 saturated heterocycles. The number of carbonyl (C=O) groups is 1. The van der Waals surface area contributed by atoms with Gasteiger partial charge in [-0.15, -0.1) is 0 Å². The van der Waals surface area contributed by atoms with E-state index in [1.807, 2.05) is 0 Å². The lowest BCUT2D eigenvalue weighted by atomic mass is 9.65. The van der Waals surface area contributed by atoms with E-state index in [9.17, 15) is 18.7 Å². The Hall–Kier alpha value is -3.32. The average molecular weight is 466 g/mol. The lowest BCUT2D eigenvalue weighted by Crippen LogP contribution is -2.45. The molecular weight excluding hydrogens is 436 g/mol. The van der Waals surface area contributed by atoms with E-state index < -0.39 is 22.7 Å². The van der Waals surface area contributed by atoms with Crippen LogP contribution in [0.4, 0.5) is 8.78 Å². The summed E-state index contributed by atoms with van der Waals surface area (Å²) >= 11 is 0. The average Bonchev–Trinajstić information content (AvgIpc) is 3.29. The van der Waals surface area contributed by atoms with E-state index in [2.05, 4.69) is 18.1 Å². The number of nitrogens with zero attached hydrogens (tertiary/aromatic N) is 2. The molecule has 1 amide bonds. The van der Waals surface area contributed by atoms with Crippen molar-refractivity contribution in [3.63, 3.8) is 0 Å². The van der Waals surface area contributed by atoms with Gasteiger partial charge in [0.1, 0.15) is 11.6 Å². The smallest absolute Gasteiger partial charge is 0.249 e. The number of aromatic nitrogens is 2. The molecule has 5 nitrogen and oxygen atoms in total. The van der Waals surface area contributed by atoms with Crippen LogP contribution in [0.25, 0.3) is 11.8 Å². The van der Waals surface area contributed by atoms with E-state index in [0.29, 0.717) is 31.2 Å². The van der Waals surface area contributed by atoms with Crippen molar-refractivity contribution in [3.05, 3.63) is 88.3 Å². The number of halogens is 2. The van der Waals surface area contributed by atoms with Crippen LogP contribution in [0, 0.1) is 17.0 Å². The van der Waals surface area contributed by atoms with Crippen molar-refractivity contribution in [2.24, 2.45) is 11.1 Å². The molecule has 5 rings (SSSR count). The molecule has 0 bridgehead atoms. The first-order valence-corrected chi connectivity index (χ1v) is 11.0. The second-order valence-corrected chi connectivity index (χ2v) is 9.32. The summed E-state index contributed by atoms with van der Waals surface area (Å²) in [4.78, 5) is 11.8. The molecule has 2 aliphatic carbocycles. The Balaban J connectivity index is 0.00000274. The van der Waals surface area contributed by atoms with Gasteiger partial charge in [-0.05, 0) is 85.7 Å². The zero-order valence-corrected chi connectivity index (χ0v) is 18.3. The van der Waals surface area contributed by atoms with Crippen molar-refractivity contribution < 1.29 is 18.7 Å². The van der Waals surface area contributed by atoms with Gasteiger partial charge in [-0.2, -0.15) is 5.10 Å². The maximum absolute atomic E-state index is 13.6. The van der Waals surface area contributed by atoms with Crippen molar-refractivity contribution in [2.75, 3.05) is 0 Å². The maximum atomic E-state index is 13.6. The number of primary amides is 1. The third-order valence-electron chi connectivity index (χ3n) is 7.50. The van der Waals surface area contributed by atoms with Gasteiger partial charge in [-0.1, -0.05) is 26.0 Å². The van der Waals surface area contributed by atoms with Crippen LogP contribution in [-0.2, 0) is 12.8 Å². The summed E-state index contributed by atoms with van der Waals surface area (Å²) in [6.45, 7) is 2.07. The van der Waals surface area contributed by atoms with Crippen molar-refractivity contribution in [2.45, 2.75) is 52.1 Å². The van der Waals surface area contributed by atoms with Gasteiger partial charge in [-0.25, -0.2) is 13.5 Å². The predicted octanol–water partition coefficient (Wildman–Crippen LogP) is 4.99. The molecule has 2 atom stereocenters. The van der Waals surface area contributed by atoms with Crippen LogP contribution in [0.3, 0.4) is 0 Å². The highest BCUT2D eigenvalue weighted by molar-refractivity contribution is 5.94. The first kappa shape index (κ1) is 23.8. The molecule has 1 fully saturated rings. The third-order valence-corrected chi connectivity index (χ3v) is 7.50. The van der Waals surface area contributed by atoms with Gasteiger partial charge in [0, 0.05) is 11.0 Å². The first-order chi connectivity index (χ1) is 15.7. The molecule has 3 N–H and O–H groups in total. The Kier molecular flexibility index (Phi) is 5.94. The number of amides is 1. The lowest BCUT2D eigenvalue weighted by Gasteiger charge is -2.42. The maximum Gasteiger partial charge on any atom is 0.249 e. The number of hydrogen-bond donors (Lipinski definition) is 2. The van der Waals surface area contributed by atoms with E-state index in [-0.39, 0.29) is 18.8 Å². The molecule has 178 valence electrons. The van der Waals surface area contributed by atoms with E-state index in [4.69, 9.17) is 5.73 Å². The quantitative estimate of drug-likeness (QED) is 0.557. The Morgan fingerprint density at radius 3 is 2.59 bits per heavy atom. The minimum Gasteiger partial charge on any atom is -0.389 e. The van der Waals surface area contributed by atoms with Crippen LogP contribution in [-0.4, -0.2) is 26.4 Å².